The van der Waals surface area contributed by atoms with E-state index in [1.165, 1.54) is 5.56 Å². The molecule has 1 aromatic carbocycles. The van der Waals surface area contributed by atoms with Crippen molar-refractivity contribution in [1.29, 1.82) is 0 Å². The van der Waals surface area contributed by atoms with E-state index >= 15 is 0 Å². The number of benzene rings is 1. The molecule has 0 radical (unpaired) electrons. The van der Waals surface area contributed by atoms with Gasteiger partial charge in [0.25, 0.3) is 0 Å². The van der Waals surface area contributed by atoms with Crippen molar-refractivity contribution < 1.29 is 8.42 Å². The summed E-state index contributed by atoms with van der Waals surface area (Å²) in [7, 11) is -3.22. The Hall–Kier alpha value is -0.910. The van der Waals surface area contributed by atoms with Crippen LogP contribution in [0.25, 0.3) is 0 Å². The summed E-state index contributed by atoms with van der Waals surface area (Å²) in [5, 5.41) is 3.25. The number of fused-ring (bicyclic) bond motifs is 1. The fourth-order valence-corrected chi connectivity index (χ4v) is 3.54. The van der Waals surface area contributed by atoms with Crippen LogP contribution in [0.15, 0.2) is 24.3 Å². The molecule has 0 amide bonds. The Bertz CT molecular complexity index is 511. The molecule has 0 fully saturated rings. The molecule has 1 atom stereocenters. The van der Waals surface area contributed by atoms with Gasteiger partial charge in [-0.15, -0.1) is 0 Å². The summed E-state index contributed by atoms with van der Waals surface area (Å²) in [5.74, 6) is 0.431. The maximum absolute atomic E-state index is 11.9. The fourth-order valence-electron chi connectivity index (χ4n) is 2.10. The first-order chi connectivity index (χ1) is 8.48. The van der Waals surface area contributed by atoms with Gasteiger partial charge in [-0.1, -0.05) is 38.1 Å². The van der Waals surface area contributed by atoms with Crippen molar-refractivity contribution in [2.75, 3.05) is 12.3 Å². The van der Waals surface area contributed by atoms with Crippen LogP contribution in [0.5, 0.6) is 0 Å². The van der Waals surface area contributed by atoms with E-state index in [4.69, 9.17) is 0 Å². The zero-order chi connectivity index (χ0) is 13.2. The third-order valence-electron chi connectivity index (χ3n) is 3.07. The fraction of sp³-hybridized carbons (Fsp3) is 0.538. The van der Waals surface area contributed by atoms with Gasteiger partial charge in [0.05, 0.1) is 5.75 Å². The second kappa shape index (κ2) is 5.38. The van der Waals surface area contributed by atoms with E-state index < -0.39 is 10.0 Å². The Balaban J connectivity index is 2.03. The number of rotatable bonds is 5. The summed E-state index contributed by atoms with van der Waals surface area (Å²) >= 11 is 0. The predicted molar refractivity (Wildman–Crippen MR) is 72.7 cm³/mol. The molecule has 1 unspecified atom stereocenters. The van der Waals surface area contributed by atoms with Crippen molar-refractivity contribution in [2.45, 2.75) is 26.4 Å². The van der Waals surface area contributed by atoms with Crippen LogP contribution in [-0.4, -0.2) is 20.7 Å². The average Bonchev–Trinajstić information content (AvgIpc) is 2.70. The number of sulfonamides is 1. The van der Waals surface area contributed by atoms with Gasteiger partial charge in [0.15, 0.2) is 0 Å². The van der Waals surface area contributed by atoms with Crippen molar-refractivity contribution in [3.63, 3.8) is 0 Å². The lowest BCUT2D eigenvalue weighted by Gasteiger charge is -2.14. The molecule has 5 heteroatoms. The Kier molecular flexibility index (Phi) is 4.04. The third kappa shape index (κ3) is 3.31. The Morgan fingerprint density at radius 3 is 2.83 bits per heavy atom. The molecule has 18 heavy (non-hydrogen) atoms. The molecule has 4 nitrogen and oxygen atoms in total. The molecule has 0 aromatic heterocycles. The quantitative estimate of drug-likeness (QED) is 0.849. The lowest BCUT2D eigenvalue weighted by Crippen LogP contribution is -2.34. The highest BCUT2D eigenvalue weighted by molar-refractivity contribution is 7.89. The zero-order valence-corrected chi connectivity index (χ0v) is 11.6. The van der Waals surface area contributed by atoms with E-state index in [9.17, 15) is 8.42 Å². The van der Waals surface area contributed by atoms with Gasteiger partial charge in [-0.25, -0.2) is 13.1 Å². The maximum Gasteiger partial charge on any atom is 0.213 e. The van der Waals surface area contributed by atoms with Crippen molar-refractivity contribution >= 4 is 10.0 Å². The molecule has 0 bridgehead atoms. The van der Waals surface area contributed by atoms with Gasteiger partial charge in [0, 0.05) is 19.1 Å². The van der Waals surface area contributed by atoms with Crippen LogP contribution in [0.1, 0.15) is 31.0 Å². The molecule has 1 aromatic rings. The molecule has 1 aliphatic heterocycles. The molecular weight excluding hydrogens is 248 g/mol. The van der Waals surface area contributed by atoms with Gasteiger partial charge in [-0.3, -0.25) is 0 Å². The first kappa shape index (κ1) is 13.5. The molecule has 1 heterocycles. The minimum Gasteiger partial charge on any atom is -0.305 e. The molecule has 0 saturated heterocycles. The molecule has 1 aliphatic rings. The smallest absolute Gasteiger partial charge is 0.213 e. The highest BCUT2D eigenvalue weighted by Crippen LogP contribution is 2.25. The van der Waals surface area contributed by atoms with Crippen molar-refractivity contribution in [1.82, 2.24) is 10.0 Å². The highest BCUT2D eigenvalue weighted by Gasteiger charge is 2.26. The summed E-state index contributed by atoms with van der Waals surface area (Å²) < 4.78 is 26.5. The normalized spacial score (nSPS) is 19.2. The van der Waals surface area contributed by atoms with Crippen LogP contribution >= 0.6 is 0 Å². The minimum absolute atomic E-state index is 0.0918. The lowest BCUT2D eigenvalue weighted by atomic mass is 10.1. The minimum atomic E-state index is -3.22. The van der Waals surface area contributed by atoms with E-state index in [2.05, 4.69) is 10.0 Å². The van der Waals surface area contributed by atoms with Crippen LogP contribution in [0, 0.1) is 5.92 Å². The number of hydrogen-bond acceptors (Lipinski definition) is 3. The highest BCUT2D eigenvalue weighted by atomic mass is 32.2. The van der Waals surface area contributed by atoms with E-state index in [0.717, 1.165) is 12.1 Å². The molecule has 2 N–H and O–H groups in total. The summed E-state index contributed by atoms with van der Waals surface area (Å²) in [5.41, 5.74) is 2.30. The van der Waals surface area contributed by atoms with Crippen LogP contribution < -0.4 is 10.0 Å². The predicted octanol–water partition coefficient (Wildman–Crippen LogP) is 1.41. The first-order valence-corrected chi connectivity index (χ1v) is 7.91. The van der Waals surface area contributed by atoms with E-state index in [1.54, 1.807) is 0 Å². The Morgan fingerprint density at radius 1 is 1.39 bits per heavy atom. The van der Waals surface area contributed by atoms with Gasteiger partial charge >= 0.3 is 0 Å². The van der Waals surface area contributed by atoms with Crippen molar-refractivity contribution in [2.24, 2.45) is 5.92 Å². The van der Waals surface area contributed by atoms with E-state index in [-0.39, 0.29) is 11.8 Å². The van der Waals surface area contributed by atoms with Crippen LogP contribution in [-0.2, 0) is 16.6 Å². The first-order valence-electron chi connectivity index (χ1n) is 6.26. The molecule has 0 saturated carbocycles. The lowest BCUT2D eigenvalue weighted by molar-refractivity contribution is 0.544. The summed E-state index contributed by atoms with van der Waals surface area (Å²) in [6.07, 6.45) is 0. The summed E-state index contributed by atoms with van der Waals surface area (Å²) in [6.45, 7) is 5.23. The zero-order valence-electron chi connectivity index (χ0n) is 10.8. The van der Waals surface area contributed by atoms with Crippen molar-refractivity contribution in [3.05, 3.63) is 35.4 Å². The monoisotopic (exact) mass is 268 g/mol. The van der Waals surface area contributed by atoms with Crippen LogP contribution in [0.4, 0.5) is 0 Å². The molecule has 0 aliphatic carbocycles. The van der Waals surface area contributed by atoms with Gasteiger partial charge in [-0.05, 0) is 17.0 Å². The largest absolute Gasteiger partial charge is 0.305 e. The number of hydrogen-bond donors (Lipinski definition) is 2. The molecule has 100 valence electrons. The maximum atomic E-state index is 11.9. The SMILES string of the molecule is CC(C)CNS(=O)(=O)CC1NCc2ccccc21. The van der Waals surface area contributed by atoms with Crippen molar-refractivity contribution in [3.8, 4) is 0 Å². The van der Waals surface area contributed by atoms with Crippen LogP contribution in [0.2, 0.25) is 0 Å². The second-order valence-electron chi connectivity index (χ2n) is 5.16. The average molecular weight is 268 g/mol. The molecule has 0 spiro atoms. The van der Waals surface area contributed by atoms with E-state index in [1.807, 2.05) is 38.1 Å². The van der Waals surface area contributed by atoms with Gasteiger partial charge < -0.3 is 5.32 Å². The van der Waals surface area contributed by atoms with Gasteiger partial charge in [0.1, 0.15) is 0 Å². The Labute approximate surface area is 109 Å². The van der Waals surface area contributed by atoms with E-state index in [0.29, 0.717) is 12.5 Å². The molecular formula is C13H20N2O2S. The topological polar surface area (TPSA) is 58.2 Å². The standard InChI is InChI=1S/C13H20N2O2S/c1-10(2)7-15-18(16,17)9-13-12-6-4-3-5-11(12)8-14-13/h3-6,10,13-15H,7-9H2,1-2H3. The number of nitrogens with one attached hydrogen (secondary N) is 2. The van der Waals surface area contributed by atoms with Gasteiger partial charge in [-0.2, -0.15) is 0 Å². The molecule has 2 rings (SSSR count). The van der Waals surface area contributed by atoms with Gasteiger partial charge in [0.2, 0.25) is 10.0 Å². The Morgan fingerprint density at radius 2 is 2.11 bits per heavy atom. The summed E-state index contributed by atoms with van der Waals surface area (Å²) in [4.78, 5) is 0. The third-order valence-corrected chi connectivity index (χ3v) is 4.45. The second-order valence-corrected chi connectivity index (χ2v) is 7.01. The summed E-state index contributed by atoms with van der Waals surface area (Å²) in [6, 6.07) is 7.88. The van der Waals surface area contributed by atoms with Crippen LogP contribution in [0.3, 0.4) is 0 Å².